The predicted molar refractivity (Wildman–Crippen MR) is 56.6 cm³/mol. The topological polar surface area (TPSA) is 29.4 Å². The van der Waals surface area contributed by atoms with Gasteiger partial charge in [-0.25, -0.2) is 23.0 Å². The Hall–Kier alpha value is -1.04. The first-order valence-electron chi connectivity index (χ1n) is 5.80. The highest BCUT2D eigenvalue weighted by molar-refractivity contribution is 5.33. The summed E-state index contributed by atoms with van der Waals surface area (Å²) in [6.07, 6.45) is -8.46. The van der Waals surface area contributed by atoms with Crippen LogP contribution in [0.4, 0.5) is 26.3 Å². The molecular weight excluding hydrogens is 276 g/mol. The third-order valence-corrected chi connectivity index (χ3v) is 2.54. The van der Waals surface area contributed by atoms with Crippen molar-refractivity contribution in [2.45, 2.75) is 63.3 Å². The molecule has 0 aromatic rings. The molecule has 8 heteroatoms. The number of alkyl halides is 6. The van der Waals surface area contributed by atoms with Gasteiger partial charge >= 0.3 is 6.18 Å². The number of unbranched alkanes of at least 4 members (excludes halogenated alkanes) is 2. The van der Waals surface area contributed by atoms with E-state index in [0.717, 1.165) is 12.5 Å². The average molecular weight is 291 g/mol. The number of rotatable bonds is 8. The van der Waals surface area contributed by atoms with Crippen molar-refractivity contribution in [1.82, 2.24) is 0 Å². The van der Waals surface area contributed by atoms with E-state index in [1.165, 1.54) is 0 Å². The van der Waals surface area contributed by atoms with Crippen molar-refractivity contribution in [3.8, 4) is 0 Å². The number of nitrogens with zero attached hydrogens (tertiary/aromatic N) is 1. The van der Waals surface area contributed by atoms with Crippen LogP contribution in [0, 0.1) is 0 Å². The molecule has 0 rings (SSSR count). The standard InChI is InChI=1S/C11H15F6NO/c1-2-3-4-5-8(18-7-19)6-10(13,14)9(12)11(15,16)17/h8-9H,2-6H2,1H3. The summed E-state index contributed by atoms with van der Waals surface area (Å²) in [5, 5.41) is 0. The predicted octanol–water partition coefficient (Wildman–Crippen LogP) is 4.20. The quantitative estimate of drug-likeness (QED) is 0.285. The minimum atomic E-state index is -5.64. The van der Waals surface area contributed by atoms with Crippen LogP contribution in [-0.2, 0) is 4.79 Å². The maximum Gasteiger partial charge on any atom is 0.425 e. The average Bonchev–Trinajstić information content (AvgIpc) is 2.27. The summed E-state index contributed by atoms with van der Waals surface area (Å²) in [7, 11) is 0. The van der Waals surface area contributed by atoms with Gasteiger partial charge in [-0.1, -0.05) is 26.2 Å². The Morgan fingerprint density at radius 3 is 2.16 bits per heavy atom. The molecule has 2 nitrogen and oxygen atoms in total. The number of hydrogen-bond donors (Lipinski definition) is 0. The maximum atomic E-state index is 13.1. The molecule has 0 fully saturated rings. The molecule has 0 bridgehead atoms. The van der Waals surface area contributed by atoms with Gasteiger partial charge in [0.05, 0.1) is 6.04 Å². The molecule has 2 atom stereocenters. The van der Waals surface area contributed by atoms with Gasteiger partial charge in [0.2, 0.25) is 6.08 Å². The van der Waals surface area contributed by atoms with Crippen LogP contribution in [0.5, 0.6) is 0 Å². The Morgan fingerprint density at radius 1 is 1.16 bits per heavy atom. The maximum absolute atomic E-state index is 13.1. The van der Waals surface area contributed by atoms with E-state index in [1.54, 1.807) is 0 Å². The lowest BCUT2D eigenvalue weighted by Gasteiger charge is -2.24. The summed E-state index contributed by atoms with van der Waals surface area (Å²) in [6, 6.07) is -1.35. The van der Waals surface area contributed by atoms with Crippen molar-refractivity contribution in [2.75, 3.05) is 0 Å². The van der Waals surface area contributed by atoms with Gasteiger partial charge < -0.3 is 0 Å². The second kappa shape index (κ2) is 7.53. The molecule has 0 heterocycles. The lowest BCUT2D eigenvalue weighted by Crippen LogP contribution is -2.43. The van der Waals surface area contributed by atoms with E-state index < -0.39 is 30.7 Å². The zero-order valence-electron chi connectivity index (χ0n) is 10.3. The molecule has 0 amide bonds. The van der Waals surface area contributed by atoms with Gasteiger partial charge in [-0.2, -0.15) is 13.2 Å². The first-order valence-corrected chi connectivity index (χ1v) is 5.80. The van der Waals surface area contributed by atoms with E-state index in [-0.39, 0.29) is 6.42 Å². The second-order valence-electron chi connectivity index (χ2n) is 4.24. The summed E-state index contributed by atoms with van der Waals surface area (Å²) >= 11 is 0. The van der Waals surface area contributed by atoms with Crippen LogP contribution in [0.1, 0.15) is 39.0 Å². The molecule has 0 N–H and O–H groups in total. The molecule has 112 valence electrons. The molecule has 2 unspecified atom stereocenters. The van der Waals surface area contributed by atoms with Crippen LogP contribution >= 0.6 is 0 Å². The molecule has 0 aliphatic carbocycles. The van der Waals surface area contributed by atoms with Gasteiger partial charge in [0.25, 0.3) is 12.1 Å². The van der Waals surface area contributed by atoms with E-state index in [2.05, 4.69) is 4.99 Å². The molecular formula is C11H15F6NO. The summed E-state index contributed by atoms with van der Waals surface area (Å²) in [4.78, 5) is 13.1. The zero-order chi connectivity index (χ0) is 15.1. The molecule has 19 heavy (non-hydrogen) atoms. The summed E-state index contributed by atoms with van der Waals surface area (Å²) in [5.74, 6) is -4.60. The Labute approximate surface area is 106 Å². The number of hydrogen-bond acceptors (Lipinski definition) is 2. The molecule has 0 spiro atoms. The van der Waals surface area contributed by atoms with Gasteiger partial charge in [-0.15, -0.1) is 0 Å². The normalized spacial score (nSPS) is 15.7. The van der Waals surface area contributed by atoms with E-state index in [1.807, 2.05) is 6.92 Å². The van der Waals surface area contributed by atoms with Crippen molar-refractivity contribution in [1.29, 1.82) is 0 Å². The van der Waals surface area contributed by atoms with Crippen LogP contribution in [-0.4, -0.2) is 30.4 Å². The second-order valence-corrected chi connectivity index (χ2v) is 4.24. The lowest BCUT2D eigenvalue weighted by molar-refractivity contribution is -0.246. The third-order valence-electron chi connectivity index (χ3n) is 2.54. The Morgan fingerprint density at radius 2 is 1.74 bits per heavy atom. The molecule has 0 aliphatic rings. The number of carbonyl (C=O) groups excluding carboxylic acids is 1. The Kier molecular flexibility index (Phi) is 7.11. The number of isocyanates is 1. The van der Waals surface area contributed by atoms with E-state index in [4.69, 9.17) is 0 Å². The van der Waals surface area contributed by atoms with Crippen molar-refractivity contribution in [2.24, 2.45) is 4.99 Å². The van der Waals surface area contributed by atoms with Crippen LogP contribution in [0.15, 0.2) is 4.99 Å². The van der Waals surface area contributed by atoms with Crippen LogP contribution in [0.2, 0.25) is 0 Å². The summed E-state index contributed by atoms with van der Waals surface area (Å²) in [5.41, 5.74) is 0. The van der Waals surface area contributed by atoms with Crippen LogP contribution < -0.4 is 0 Å². The third kappa shape index (κ3) is 6.61. The summed E-state index contributed by atoms with van der Waals surface area (Å²) in [6.45, 7) is 1.84. The minimum Gasteiger partial charge on any atom is -0.231 e. The fourth-order valence-electron chi connectivity index (χ4n) is 1.57. The van der Waals surface area contributed by atoms with E-state index in [0.29, 0.717) is 12.8 Å². The molecule has 0 aromatic carbocycles. The smallest absolute Gasteiger partial charge is 0.231 e. The van der Waals surface area contributed by atoms with Crippen LogP contribution in [0.3, 0.4) is 0 Å². The van der Waals surface area contributed by atoms with Gasteiger partial charge in [0.15, 0.2) is 0 Å². The molecule has 0 aromatic heterocycles. The minimum absolute atomic E-state index is 0.00322. The number of aliphatic imine (C=N–C) groups is 1. The fraction of sp³-hybridized carbons (Fsp3) is 0.909. The monoisotopic (exact) mass is 291 g/mol. The molecule has 0 aliphatic heterocycles. The van der Waals surface area contributed by atoms with Gasteiger partial charge in [0.1, 0.15) is 0 Å². The fourth-order valence-corrected chi connectivity index (χ4v) is 1.57. The summed E-state index contributed by atoms with van der Waals surface area (Å²) < 4.78 is 74.7. The van der Waals surface area contributed by atoms with Gasteiger partial charge in [0, 0.05) is 6.42 Å². The molecule has 0 saturated heterocycles. The van der Waals surface area contributed by atoms with E-state index in [9.17, 15) is 31.1 Å². The van der Waals surface area contributed by atoms with Gasteiger partial charge in [-0.05, 0) is 6.42 Å². The highest BCUT2D eigenvalue weighted by Crippen LogP contribution is 2.38. The Balaban J connectivity index is 4.67. The van der Waals surface area contributed by atoms with Crippen molar-refractivity contribution >= 4 is 6.08 Å². The van der Waals surface area contributed by atoms with E-state index >= 15 is 0 Å². The highest BCUT2D eigenvalue weighted by atomic mass is 19.4. The zero-order valence-corrected chi connectivity index (χ0v) is 10.3. The highest BCUT2D eigenvalue weighted by Gasteiger charge is 2.57. The SMILES string of the molecule is CCCCCC(CC(F)(F)C(F)C(F)(F)F)N=C=O. The van der Waals surface area contributed by atoms with Crippen molar-refractivity contribution < 1.29 is 31.1 Å². The Bertz CT molecular complexity index is 311. The molecule has 0 radical (unpaired) electrons. The van der Waals surface area contributed by atoms with Gasteiger partial charge in [-0.3, -0.25) is 0 Å². The first kappa shape index (κ1) is 18.0. The lowest BCUT2D eigenvalue weighted by atomic mass is 9.99. The first-order chi connectivity index (χ1) is 8.65. The largest absolute Gasteiger partial charge is 0.425 e. The van der Waals surface area contributed by atoms with Crippen molar-refractivity contribution in [3.05, 3.63) is 0 Å². The van der Waals surface area contributed by atoms with Crippen molar-refractivity contribution in [3.63, 3.8) is 0 Å². The van der Waals surface area contributed by atoms with Crippen LogP contribution in [0.25, 0.3) is 0 Å². The number of halogens is 6. The molecule has 0 saturated carbocycles.